The highest BCUT2D eigenvalue weighted by atomic mass is 28.4. The smallest absolute Gasteiger partial charge is 0.247 e. The van der Waals surface area contributed by atoms with Crippen molar-refractivity contribution < 1.29 is 14.1 Å². The molecule has 0 aromatic carbocycles. The van der Waals surface area contributed by atoms with E-state index in [0.717, 1.165) is 18.5 Å². The van der Waals surface area contributed by atoms with Crippen molar-refractivity contribution in [3.63, 3.8) is 0 Å². The third-order valence-corrected chi connectivity index (χ3v) is 9.85. The molecular weight excluding hydrogens is 342 g/mol. The molecule has 2 aliphatic heterocycles. The summed E-state index contributed by atoms with van der Waals surface area (Å²) in [6.07, 6.45) is 5.63. The highest BCUT2D eigenvalue weighted by Gasteiger charge is 2.45. The Morgan fingerprint density at radius 2 is 1.96 bits per heavy atom. The molecule has 5 heteroatoms. The van der Waals surface area contributed by atoms with Gasteiger partial charge in [0.1, 0.15) is 12.2 Å². The standard InChI is InChI=1S/C21H31NO3Si/c1-18(23)22-19-12-15-21(16-13-19,25-26(5,6)20(2,3)4)14-10-8-7-9-11-17-24-22/h12H,7-8,13,15-17H2,1-6H3/t21-/m1/s1. The van der Waals surface area contributed by atoms with Gasteiger partial charge in [0.25, 0.3) is 0 Å². The van der Waals surface area contributed by atoms with Crippen LogP contribution in [0.2, 0.25) is 18.1 Å². The average Bonchev–Trinajstić information content (AvgIpc) is 2.55. The van der Waals surface area contributed by atoms with Crippen LogP contribution in [0, 0.1) is 23.7 Å². The van der Waals surface area contributed by atoms with E-state index in [0.29, 0.717) is 19.3 Å². The quantitative estimate of drug-likeness (QED) is 0.532. The van der Waals surface area contributed by atoms with E-state index < -0.39 is 13.9 Å². The summed E-state index contributed by atoms with van der Waals surface area (Å²) in [6, 6.07) is 0. The molecule has 0 spiro atoms. The highest BCUT2D eigenvalue weighted by molar-refractivity contribution is 6.74. The maximum atomic E-state index is 12.0. The molecule has 0 unspecified atom stereocenters. The van der Waals surface area contributed by atoms with Gasteiger partial charge in [0.15, 0.2) is 8.32 Å². The van der Waals surface area contributed by atoms with Crippen LogP contribution < -0.4 is 0 Å². The summed E-state index contributed by atoms with van der Waals surface area (Å²) in [5, 5.41) is 1.50. The van der Waals surface area contributed by atoms with Crippen molar-refractivity contribution in [1.82, 2.24) is 5.06 Å². The van der Waals surface area contributed by atoms with Crippen molar-refractivity contribution >= 4 is 14.2 Å². The van der Waals surface area contributed by atoms with Gasteiger partial charge < -0.3 is 4.43 Å². The lowest BCUT2D eigenvalue weighted by Gasteiger charge is -2.45. The third kappa shape index (κ3) is 5.01. The van der Waals surface area contributed by atoms with Crippen LogP contribution in [0.1, 0.15) is 59.8 Å². The monoisotopic (exact) mass is 373 g/mol. The van der Waals surface area contributed by atoms with Gasteiger partial charge in [-0.15, -0.1) is 0 Å². The van der Waals surface area contributed by atoms with Crippen LogP contribution in [-0.2, 0) is 14.1 Å². The van der Waals surface area contributed by atoms with E-state index in [2.05, 4.69) is 63.6 Å². The molecule has 142 valence electrons. The normalized spacial score (nSPS) is 24.1. The largest absolute Gasteiger partial charge is 0.400 e. The third-order valence-electron chi connectivity index (χ3n) is 5.34. The number of rotatable bonds is 2. The zero-order valence-corrected chi connectivity index (χ0v) is 18.0. The van der Waals surface area contributed by atoms with Gasteiger partial charge in [-0.1, -0.05) is 50.5 Å². The van der Waals surface area contributed by atoms with Crippen molar-refractivity contribution in [2.75, 3.05) is 6.61 Å². The fourth-order valence-corrected chi connectivity index (χ4v) is 4.35. The lowest BCUT2D eigenvalue weighted by atomic mass is 9.88. The van der Waals surface area contributed by atoms with Crippen LogP contribution in [0.5, 0.6) is 0 Å². The van der Waals surface area contributed by atoms with Crippen molar-refractivity contribution in [1.29, 1.82) is 0 Å². The van der Waals surface area contributed by atoms with E-state index in [1.807, 2.05) is 0 Å². The fourth-order valence-electron chi connectivity index (χ4n) is 2.84. The summed E-state index contributed by atoms with van der Waals surface area (Å²) < 4.78 is 6.79. The minimum Gasteiger partial charge on any atom is -0.400 e. The van der Waals surface area contributed by atoms with Crippen molar-refractivity contribution in [3.8, 4) is 23.7 Å². The van der Waals surface area contributed by atoms with E-state index in [-0.39, 0.29) is 17.6 Å². The SMILES string of the molecule is CC(=O)N1OCC#CCCC#C[C@@]2(O[Si](C)(C)C(C)(C)C)CC=C1CC2. The Bertz CT molecular complexity index is 697. The number of fused-ring (bicyclic) bond motifs is 8. The predicted molar refractivity (Wildman–Crippen MR) is 106 cm³/mol. The molecule has 3 rings (SSSR count). The first-order chi connectivity index (χ1) is 12.1. The number of hydrogen-bond donors (Lipinski definition) is 0. The lowest BCUT2D eigenvalue weighted by molar-refractivity contribution is -0.169. The Morgan fingerprint density at radius 1 is 1.27 bits per heavy atom. The minimum absolute atomic E-state index is 0.120. The van der Waals surface area contributed by atoms with Gasteiger partial charge in [0.2, 0.25) is 5.91 Å². The highest BCUT2D eigenvalue weighted by Crippen LogP contribution is 2.43. The van der Waals surface area contributed by atoms with Gasteiger partial charge in [-0.2, -0.15) is 5.06 Å². The predicted octanol–water partition coefficient (Wildman–Crippen LogP) is 4.40. The molecule has 0 aromatic heterocycles. The maximum absolute atomic E-state index is 12.0. The molecule has 0 aromatic rings. The van der Waals surface area contributed by atoms with Gasteiger partial charge in [-0.25, -0.2) is 0 Å². The van der Waals surface area contributed by atoms with Crippen LogP contribution in [0.3, 0.4) is 0 Å². The minimum atomic E-state index is -1.97. The van der Waals surface area contributed by atoms with Gasteiger partial charge in [0, 0.05) is 31.9 Å². The molecule has 1 amide bonds. The molecule has 1 atom stereocenters. The first-order valence-corrected chi connectivity index (χ1v) is 12.3. The second kappa shape index (κ2) is 8.01. The molecule has 3 aliphatic rings. The van der Waals surface area contributed by atoms with E-state index >= 15 is 0 Å². The molecule has 0 fully saturated rings. The second-order valence-corrected chi connectivity index (χ2v) is 13.2. The van der Waals surface area contributed by atoms with Crippen LogP contribution >= 0.6 is 0 Å². The number of amides is 1. The molecule has 0 N–H and O–H groups in total. The van der Waals surface area contributed by atoms with Gasteiger partial charge in [-0.3, -0.25) is 9.63 Å². The Hall–Kier alpha value is -1.53. The number of nitrogens with zero attached hydrogens (tertiary/aromatic N) is 1. The molecule has 2 heterocycles. The van der Waals surface area contributed by atoms with Gasteiger partial charge >= 0.3 is 0 Å². The summed E-state index contributed by atoms with van der Waals surface area (Å²) in [7, 11) is -1.97. The Kier molecular flexibility index (Phi) is 6.40. The van der Waals surface area contributed by atoms with E-state index in [1.54, 1.807) is 0 Å². The number of hydroxylamine groups is 2. The number of hydrogen-bond acceptors (Lipinski definition) is 3. The number of carbonyl (C=O) groups excluding carboxylic acids is 1. The van der Waals surface area contributed by atoms with E-state index in [9.17, 15) is 4.79 Å². The average molecular weight is 374 g/mol. The molecule has 4 nitrogen and oxygen atoms in total. The van der Waals surface area contributed by atoms with Crippen molar-refractivity contribution in [2.24, 2.45) is 0 Å². The zero-order chi connectivity index (χ0) is 19.4. The topological polar surface area (TPSA) is 38.8 Å². The summed E-state index contributed by atoms with van der Waals surface area (Å²) in [6.45, 7) is 13.0. The molecule has 2 bridgehead atoms. The summed E-state index contributed by atoms with van der Waals surface area (Å²) >= 11 is 0. The first-order valence-electron chi connectivity index (χ1n) is 9.35. The summed E-state index contributed by atoms with van der Waals surface area (Å²) in [5.41, 5.74) is 0.408. The molecule has 0 radical (unpaired) electrons. The summed E-state index contributed by atoms with van der Waals surface area (Å²) in [4.78, 5) is 17.6. The first kappa shape index (κ1) is 20.8. The number of allylic oxidation sites excluding steroid dienone is 1. The molecule has 1 aliphatic carbocycles. The zero-order valence-electron chi connectivity index (χ0n) is 17.0. The Labute approximate surface area is 159 Å². The Balaban J connectivity index is 2.36. The van der Waals surface area contributed by atoms with Crippen molar-refractivity contribution in [2.45, 2.75) is 83.5 Å². The van der Waals surface area contributed by atoms with E-state index in [1.165, 1.54) is 12.0 Å². The van der Waals surface area contributed by atoms with Crippen LogP contribution in [0.15, 0.2) is 11.8 Å². The number of carbonyl (C=O) groups is 1. The van der Waals surface area contributed by atoms with Crippen LogP contribution in [-0.4, -0.2) is 31.5 Å². The van der Waals surface area contributed by atoms with Gasteiger partial charge in [-0.05, 0) is 31.0 Å². The van der Waals surface area contributed by atoms with Crippen LogP contribution in [0.4, 0.5) is 0 Å². The van der Waals surface area contributed by atoms with Crippen LogP contribution in [0.25, 0.3) is 0 Å². The molecule has 0 saturated heterocycles. The maximum Gasteiger partial charge on any atom is 0.247 e. The van der Waals surface area contributed by atoms with E-state index in [4.69, 9.17) is 9.26 Å². The van der Waals surface area contributed by atoms with Gasteiger partial charge in [0.05, 0.1) is 0 Å². The lowest BCUT2D eigenvalue weighted by Crippen LogP contribution is -2.50. The Morgan fingerprint density at radius 3 is 2.54 bits per heavy atom. The second-order valence-electron chi connectivity index (χ2n) is 8.50. The molecule has 26 heavy (non-hydrogen) atoms. The summed E-state index contributed by atoms with van der Waals surface area (Å²) in [5.74, 6) is 12.6. The molecule has 0 saturated carbocycles. The molecular formula is C21H31NO3Si. The fraction of sp³-hybridized carbons (Fsp3) is 0.667. The van der Waals surface area contributed by atoms with Crippen molar-refractivity contribution in [3.05, 3.63) is 11.8 Å².